The number of halogens is 1. The van der Waals surface area contributed by atoms with Crippen LogP contribution in [0.4, 0.5) is 5.69 Å². The number of benzene rings is 1. The highest BCUT2D eigenvalue weighted by Crippen LogP contribution is 2.36. The first-order chi connectivity index (χ1) is 12.8. The van der Waals surface area contributed by atoms with E-state index in [1.807, 2.05) is 0 Å². The van der Waals surface area contributed by atoms with Crippen LogP contribution in [0.5, 0.6) is 5.75 Å². The zero-order valence-corrected chi connectivity index (χ0v) is 15.6. The lowest BCUT2D eigenvalue weighted by molar-refractivity contribution is -0.121. The van der Waals surface area contributed by atoms with E-state index in [1.165, 1.54) is 12.1 Å². The van der Waals surface area contributed by atoms with Gasteiger partial charge in [-0.05, 0) is 17.7 Å². The topological polar surface area (TPSA) is 114 Å². The van der Waals surface area contributed by atoms with Crippen molar-refractivity contribution in [2.24, 2.45) is 0 Å². The average molecular weight is 410 g/mol. The molecule has 1 aliphatic heterocycles. The zero-order valence-electron chi connectivity index (χ0n) is 14.1. The lowest BCUT2D eigenvalue weighted by Gasteiger charge is -2.19. The minimum absolute atomic E-state index is 0.0460. The lowest BCUT2D eigenvalue weighted by Crippen LogP contribution is -2.26. The molecule has 2 aromatic rings. The van der Waals surface area contributed by atoms with Crippen LogP contribution in [-0.4, -0.2) is 37.6 Å². The minimum Gasteiger partial charge on any atom is -0.482 e. The number of nitrogens with zero attached hydrogens (tertiary/aromatic N) is 1. The van der Waals surface area contributed by atoms with Crippen molar-refractivity contribution in [2.45, 2.75) is 17.9 Å². The minimum atomic E-state index is -3.81. The van der Waals surface area contributed by atoms with E-state index < -0.39 is 21.5 Å². The number of carbonyl (C=O) groups excluding carboxylic acids is 2. The molecule has 1 aromatic carbocycles. The van der Waals surface area contributed by atoms with E-state index in [-0.39, 0.29) is 41.1 Å². The summed E-state index contributed by atoms with van der Waals surface area (Å²) in [6.07, 6.45) is 3.02. The molecule has 0 spiro atoms. The predicted molar refractivity (Wildman–Crippen MR) is 98.3 cm³/mol. The molecule has 0 unspecified atom stereocenters. The molecule has 1 aromatic heterocycles. The molecule has 0 aliphatic carbocycles. The van der Waals surface area contributed by atoms with Crippen LogP contribution in [0.1, 0.15) is 12.0 Å². The molecule has 2 heterocycles. The first kappa shape index (κ1) is 19.1. The summed E-state index contributed by atoms with van der Waals surface area (Å²) in [6.45, 7) is 0.0602. The largest absolute Gasteiger partial charge is 0.482 e. The number of rotatable bonds is 6. The Balaban J connectivity index is 1.64. The Kier molecular flexibility index (Phi) is 5.62. The van der Waals surface area contributed by atoms with E-state index in [1.54, 1.807) is 24.5 Å². The number of amides is 2. The van der Waals surface area contributed by atoms with Crippen LogP contribution in [-0.2, 0) is 26.0 Å². The second-order valence-electron chi connectivity index (χ2n) is 5.82. The van der Waals surface area contributed by atoms with E-state index in [9.17, 15) is 18.0 Å². The highest BCUT2D eigenvalue weighted by Gasteiger charge is 2.25. The number of sulfone groups is 1. The van der Waals surface area contributed by atoms with Crippen LogP contribution in [0.15, 0.2) is 41.6 Å². The molecule has 8 nitrogen and oxygen atoms in total. The fraction of sp³-hybridized carbons (Fsp3) is 0.235. The van der Waals surface area contributed by atoms with Crippen molar-refractivity contribution in [2.75, 3.05) is 17.7 Å². The van der Waals surface area contributed by atoms with Crippen LogP contribution < -0.4 is 15.4 Å². The second-order valence-corrected chi connectivity index (χ2v) is 8.31. The Hall–Kier alpha value is -2.65. The monoisotopic (exact) mass is 409 g/mol. The number of aromatic nitrogens is 1. The number of pyridine rings is 1. The van der Waals surface area contributed by atoms with Gasteiger partial charge in [-0.1, -0.05) is 17.7 Å². The highest BCUT2D eigenvalue weighted by atomic mass is 35.5. The van der Waals surface area contributed by atoms with Crippen LogP contribution in [0, 0.1) is 0 Å². The number of nitrogens with one attached hydrogen (secondary N) is 2. The van der Waals surface area contributed by atoms with Gasteiger partial charge in [0.2, 0.25) is 5.91 Å². The van der Waals surface area contributed by atoms with Crippen LogP contribution in [0.3, 0.4) is 0 Å². The molecule has 1 aliphatic rings. The normalized spacial score (nSPS) is 13.3. The van der Waals surface area contributed by atoms with Gasteiger partial charge in [-0.3, -0.25) is 14.6 Å². The summed E-state index contributed by atoms with van der Waals surface area (Å²) in [5.74, 6) is -0.936. The standard InChI is InChI=1S/C17H16ClN3O5S/c18-12-6-13-14(26-10-17(23)21-13)7-15(12)27(24,25)5-3-16(22)20-9-11-2-1-4-19-8-11/h1-2,4,6-8H,3,5,9-10H2,(H,20,22)(H,21,23). The number of anilines is 1. The number of fused-ring (bicyclic) bond motifs is 1. The lowest BCUT2D eigenvalue weighted by atomic mass is 10.2. The van der Waals surface area contributed by atoms with E-state index in [0.717, 1.165) is 5.56 Å². The molecule has 0 bridgehead atoms. The molecule has 3 rings (SSSR count). The summed E-state index contributed by atoms with van der Waals surface area (Å²) in [7, 11) is -3.81. The summed E-state index contributed by atoms with van der Waals surface area (Å²) >= 11 is 6.06. The quantitative estimate of drug-likeness (QED) is 0.748. The van der Waals surface area contributed by atoms with Crippen molar-refractivity contribution < 1.29 is 22.7 Å². The van der Waals surface area contributed by atoms with Gasteiger partial charge in [0.15, 0.2) is 16.4 Å². The third-order valence-electron chi connectivity index (χ3n) is 3.81. The third kappa shape index (κ3) is 4.75. The van der Waals surface area contributed by atoms with Crippen molar-refractivity contribution in [1.29, 1.82) is 0 Å². The summed E-state index contributed by atoms with van der Waals surface area (Å²) in [4.78, 5) is 27.1. The van der Waals surface area contributed by atoms with Crippen LogP contribution in [0.2, 0.25) is 5.02 Å². The maximum Gasteiger partial charge on any atom is 0.262 e. The Morgan fingerprint density at radius 2 is 2.19 bits per heavy atom. The SMILES string of the molecule is O=C(CCS(=O)(=O)c1cc2c(cc1Cl)NC(=O)CO2)NCc1cccnc1. The van der Waals surface area contributed by atoms with Crippen molar-refractivity contribution in [3.63, 3.8) is 0 Å². The van der Waals surface area contributed by atoms with E-state index >= 15 is 0 Å². The first-order valence-electron chi connectivity index (χ1n) is 8.00. The fourth-order valence-electron chi connectivity index (χ4n) is 2.45. The van der Waals surface area contributed by atoms with Crippen molar-refractivity contribution >= 4 is 38.9 Å². The number of hydrogen-bond acceptors (Lipinski definition) is 6. The van der Waals surface area contributed by atoms with Gasteiger partial charge in [0.1, 0.15) is 5.75 Å². The number of carbonyl (C=O) groups is 2. The molecular weight excluding hydrogens is 394 g/mol. The summed E-state index contributed by atoms with van der Waals surface area (Å²) in [5.41, 5.74) is 1.12. The maximum atomic E-state index is 12.6. The molecule has 0 atom stereocenters. The molecule has 0 radical (unpaired) electrons. The van der Waals surface area contributed by atoms with Crippen molar-refractivity contribution in [1.82, 2.24) is 10.3 Å². The Morgan fingerprint density at radius 3 is 2.93 bits per heavy atom. The molecule has 27 heavy (non-hydrogen) atoms. The smallest absolute Gasteiger partial charge is 0.262 e. The summed E-state index contributed by atoms with van der Waals surface area (Å²) in [6, 6.07) is 6.13. The van der Waals surface area contributed by atoms with Gasteiger partial charge in [0.05, 0.1) is 21.4 Å². The van der Waals surface area contributed by atoms with Crippen molar-refractivity contribution in [3.8, 4) is 5.75 Å². The zero-order chi connectivity index (χ0) is 19.4. The second kappa shape index (κ2) is 7.93. The van der Waals surface area contributed by atoms with Gasteiger partial charge in [-0.2, -0.15) is 0 Å². The van der Waals surface area contributed by atoms with Gasteiger partial charge < -0.3 is 15.4 Å². The number of hydrogen-bond donors (Lipinski definition) is 2. The predicted octanol–water partition coefficient (Wildman–Crippen LogP) is 1.55. The molecule has 0 saturated heterocycles. The van der Waals surface area contributed by atoms with Gasteiger partial charge in [0.25, 0.3) is 5.91 Å². The van der Waals surface area contributed by atoms with E-state index in [2.05, 4.69) is 15.6 Å². The molecule has 142 valence electrons. The summed E-state index contributed by atoms with van der Waals surface area (Å²) in [5, 5.41) is 5.15. The summed E-state index contributed by atoms with van der Waals surface area (Å²) < 4.78 is 30.3. The van der Waals surface area contributed by atoms with E-state index in [0.29, 0.717) is 5.69 Å². The van der Waals surface area contributed by atoms with Gasteiger partial charge in [-0.15, -0.1) is 0 Å². The Labute approximate surface area is 160 Å². The van der Waals surface area contributed by atoms with Crippen LogP contribution >= 0.6 is 11.6 Å². The molecule has 2 N–H and O–H groups in total. The highest BCUT2D eigenvalue weighted by molar-refractivity contribution is 7.91. The van der Waals surface area contributed by atoms with Crippen LogP contribution in [0.25, 0.3) is 0 Å². The van der Waals surface area contributed by atoms with Gasteiger partial charge in [0, 0.05) is 31.4 Å². The molecule has 0 saturated carbocycles. The maximum absolute atomic E-state index is 12.6. The van der Waals surface area contributed by atoms with Gasteiger partial charge in [-0.25, -0.2) is 8.42 Å². The Morgan fingerprint density at radius 1 is 1.37 bits per heavy atom. The molecule has 0 fully saturated rings. The first-order valence-corrected chi connectivity index (χ1v) is 10.0. The number of ether oxygens (including phenoxy) is 1. The molecule has 2 amide bonds. The Bertz CT molecular complexity index is 980. The molecular formula is C17H16ClN3O5S. The van der Waals surface area contributed by atoms with E-state index in [4.69, 9.17) is 16.3 Å². The van der Waals surface area contributed by atoms with Gasteiger partial charge >= 0.3 is 0 Å². The molecule has 10 heteroatoms. The fourth-order valence-corrected chi connectivity index (χ4v) is 4.28. The average Bonchev–Trinajstić information content (AvgIpc) is 2.65. The van der Waals surface area contributed by atoms with Crippen molar-refractivity contribution in [3.05, 3.63) is 47.2 Å². The third-order valence-corrected chi connectivity index (χ3v) is 5.99.